The van der Waals surface area contributed by atoms with Gasteiger partial charge in [0.1, 0.15) is 0 Å². The zero-order valence-electron chi connectivity index (χ0n) is 10.9. The van der Waals surface area contributed by atoms with Crippen LogP contribution in [0, 0.1) is 3.57 Å². The lowest BCUT2D eigenvalue weighted by atomic mass is 9.90. The van der Waals surface area contributed by atoms with Crippen molar-refractivity contribution in [3.63, 3.8) is 0 Å². The number of carbonyl (C=O) groups excluding carboxylic acids is 1. The van der Waals surface area contributed by atoms with Crippen molar-refractivity contribution in [2.24, 2.45) is 0 Å². The van der Waals surface area contributed by atoms with Gasteiger partial charge in [0.05, 0.1) is 5.92 Å². The molecule has 1 atom stereocenters. The lowest BCUT2D eigenvalue weighted by Crippen LogP contribution is -2.27. The van der Waals surface area contributed by atoms with E-state index in [4.69, 9.17) is 0 Å². The molecule has 3 rings (SSSR count). The number of hydrogen-bond donors (Lipinski definition) is 2. The second-order valence-corrected chi connectivity index (χ2v) is 6.10. The summed E-state index contributed by atoms with van der Waals surface area (Å²) in [5.41, 5.74) is 3.02. The second-order valence-electron chi connectivity index (χ2n) is 4.85. The summed E-state index contributed by atoms with van der Waals surface area (Å²) < 4.78 is 1.12. The van der Waals surface area contributed by atoms with Crippen molar-refractivity contribution < 1.29 is 4.79 Å². The van der Waals surface area contributed by atoms with E-state index in [2.05, 4.69) is 33.2 Å². The number of rotatable bonds is 2. The normalized spacial score (nSPS) is 16.9. The fourth-order valence-electron chi connectivity index (χ4n) is 2.54. The molecule has 2 N–H and O–H groups in total. The van der Waals surface area contributed by atoms with Gasteiger partial charge in [-0.05, 0) is 58.8 Å². The second kappa shape index (κ2) is 5.83. The molecule has 0 radical (unpaired) electrons. The van der Waals surface area contributed by atoms with E-state index in [1.807, 2.05) is 48.5 Å². The van der Waals surface area contributed by atoms with Crippen molar-refractivity contribution in [2.75, 3.05) is 17.2 Å². The number of anilines is 2. The number of nitrogens with one attached hydrogen (secondary N) is 2. The fourth-order valence-corrected chi connectivity index (χ4v) is 3.08. The Morgan fingerprint density at radius 2 is 2.05 bits per heavy atom. The van der Waals surface area contributed by atoms with E-state index in [0.717, 1.165) is 33.5 Å². The first-order valence-corrected chi connectivity index (χ1v) is 7.71. The summed E-state index contributed by atoms with van der Waals surface area (Å²) in [6.07, 6.45) is 0.826. The van der Waals surface area contributed by atoms with Crippen LogP contribution in [0.2, 0.25) is 0 Å². The van der Waals surface area contributed by atoms with Gasteiger partial charge in [0.2, 0.25) is 5.91 Å². The molecule has 20 heavy (non-hydrogen) atoms. The highest BCUT2D eigenvalue weighted by Crippen LogP contribution is 2.32. The number of para-hydroxylation sites is 1. The van der Waals surface area contributed by atoms with E-state index >= 15 is 0 Å². The Labute approximate surface area is 131 Å². The standard InChI is InChI=1S/C16H15IN2O/c17-11-4-3-5-12(10-11)19-16(20)14-8-9-18-15-7-2-1-6-13(14)15/h1-7,10,14,18H,8-9H2,(H,19,20). The van der Waals surface area contributed by atoms with E-state index < -0.39 is 0 Å². The first-order chi connectivity index (χ1) is 9.74. The van der Waals surface area contributed by atoms with Gasteiger partial charge in [-0.3, -0.25) is 4.79 Å². The van der Waals surface area contributed by atoms with E-state index in [1.54, 1.807) is 0 Å². The van der Waals surface area contributed by atoms with Crippen molar-refractivity contribution in [1.82, 2.24) is 0 Å². The molecule has 0 aromatic heterocycles. The van der Waals surface area contributed by atoms with Crippen LogP contribution in [0.3, 0.4) is 0 Å². The van der Waals surface area contributed by atoms with E-state index in [-0.39, 0.29) is 11.8 Å². The molecule has 2 aromatic carbocycles. The topological polar surface area (TPSA) is 41.1 Å². The molecule has 1 heterocycles. The number of hydrogen-bond acceptors (Lipinski definition) is 2. The lowest BCUT2D eigenvalue weighted by molar-refractivity contribution is -0.117. The molecule has 1 unspecified atom stereocenters. The highest BCUT2D eigenvalue weighted by atomic mass is 127. The van der Waals surface area contributed by atoms with Crippen LogP contribution >= 0.6 is 22.6 Å². The Hall–Kier alpha value is -1.56. The third kappa shape index (κ3) is 2.80. The molecule has 1 aliphatic heterocycles. The summed E-state index contributed by atoms with van der Waals surface area (Å²) in [5.74, 6) is -0.00809. The SMILES string of the molecule is O=C(Nc1cccc(I)c1)C1CCNc2ccccc21. The van der Waals surface area contributed by atoms with Crippen molar-refractivity contribution in [3.05, 3.63) is 57.7 Å². The molecule has 0 spiro atoms. The number of carbonyl (C=O) groups is 1. The van der Waals surface area contributed by atoms with Crippen LogP contribution in [-0.2, 0) is 4.79 Å². The first-order valence-electron chi connectivity index (χ1n) is 6.63. The van der Waals surface area contributed by atoms with Crippen LogP contribution in [0.5, 0.6) is 0 Å². The number of fused-ring (bicyclic) bond motifs is 1. The lowest BCUT2D eigenvalue weighted by Gasteiger charge is -2.25. The summed E-state index contributed by atoms with van der Waals surface area (Å²) in [4.78, 5) is 12.5. The maximum absolute atomic E-state index is 12.5. The van der Waals surface area contributed by atoms with Gasteiger partial charge in [-0.15, -0.1) is 0 Å². The molecule has 3 nitrogen and oxygen atoms in total. The van der Waals surface area contributed by atoms with E-state index in [0.29, 0.717) is 0 Å². The van der Waals surface area contributed by atoms with E-state index in [9.17, 15) is 4.79 Å². The molecule has 1 amide bonds. The third-order valence-electron chi connectivity index (χ3n) is 3.49. The van der Waals surface area contributed by atoms with Crippen molar-refractivity contribution in [2.45, 2.75) is 12.3 Å². The predicted molar refractivity (Wildman–Crippen MR) is 90.1 cm³/mol. The quantitative estimate of drug-likeness (QED) is 0.780. The molecule has 0 fully saturated rings. The Bertz CT molecular complexity index is 642. The summed E-state index contributed by atoms with van der Waals surface area (Å²) in [6.45, 7) is 0.835. The molecule has 4 heteroatoms. The Balaban J connectivity index is 1.82. The highest BCUT2D eigenvalue weighted by Gasteiger charge is 2.26. The van der Waals surface area contributed by atoms with Crippen LogP contribution in [0.1, 0.15) is 17.9 Å². The Morgan fingerprint density at radius 1 is 1.20 bits per heavy atom. The van der Waals surface area contributed by atoms with Crippen LogP contribution < -0.4 is 10.6 Å². The minimum atomic E-state index is -0.0784. The zero-order valence-corrected chi connectivity index (χ0v) is 13.1. The first kappa shape index (κ1) is 13.4. The van der Waals surface area contributed by atoms with Gasteiger partial charge in [-0.2, -0.15) is 0 Å². The average Bonchev–Trinajstić information content (AvgIpc) is 2.46. The maximum atomic E-state index is 12.5. The fraction of sp³-hybridized carbons (Fsp3) is 0.188. The van der Waals surface area contributed by atoms with Gasteiger partial charge in [-0.25, -0.2) is 0 Å². The van der Waals surface area contributed by atoms with Crippen molar-refractivity contribution >= 4 is 39.9 Å². The third-order valence-corrected chi connectivity index (χ3v) is 4.16. The maximum Gasteiger partial charge on any atom is 0.232 e. The van der Waals surface area contributed by atoms with Crippen molar-refractivity contribution in [1.29, 1.82) is 0 Å². The molecular weight excluding hydrogens is 363 g/mol. The summed E-state index contributed by atoms with van der Waals surface area (Å²) in [7, 11) is 0. The van der Waals surface area contributed by atoms with Gasteiger partial charge < -0.3 is 10.6 Å². The van der Waals surface area contributed by atoms with Crippen LogP contribution in [-0.4, -0.2) is 12.5 Å². The van der Waals surface area contributed by atoms with Crippen LogP contribution in [0.25, 0.3) is 0 Å². The van der Waals surface area contributed by atoms with Gasteiger partial charge in [0.15, 0.2) is 0 Å². The van der Waals surface area contributed by atoms with Gasteiger partial charge in [-0.1, -0.05) is 24.3 Å². The number of amides is 1. The number of halogens is 1. The summed E-state index contributed by atoms with van der Waals surface area (Å²) >= 11 is 2.25. The predicted octanol–water partition coefficient (Wildman–Crippen LogP) is 3.83. The molecule has 102 valence electrons. The molecule has 2 aromatic rings. The Morgan fingerprint density at radius 3 is 2.90 bits per heavy atom. The number of benzene rings is 2. The molecular formula is C16H15IN2O. The summed E-state index contributed by atoms with van der Waals surface area (Å²) in [5, 5.41) is 6.36. The minimum absolute atomic E-state index is 0.0703. The molecule has 0 aliphatic carbocycles. The van der Waals surface area contributed by atoms with Gasteiger partial charge in [0.25, 0.3) is 0 Å². The van der Waals surface area contributed by atoms with E-state index in [1.165, 1.54) is 0 Å². The highest BCUT2D eigenvalue weighted by molar-refractivity contribution is 14.1. The molecule has 0 saturated heterocycles. The van der Waals surface area contributed by atoms with Gasteiger partial charge in [0, 0.05) is 21.5 Å². The molecule has 0 saturated carbocycles. The van der Waals surface area contributed by atoms with Crippen molar-refractivity contribution in [3.8, 4) is 0 Å². The average molecular weight is 378 g/mol. The smallest absolute Gasteiger partial charge is 0.232 e. The van der Waals surface area contributed by atoms with Gasteiger partial charge >= 0.3 is 0 Å². The molecule has 0 bridgehead atoms. The zero-order chi connectivity index (χ0) is 13.9. The summed E-state index contributed by atoms with van der Waals surface area (Å²) in [6, 6.07) is 15.9. The van der Waals surface area contributed by atoms with Crippen LogP contribution in [0.4, 0.5) is 11.4 Å². The molecule has 1 aliphatic rings. The Kier molecular flexibility index (Phi) is 3.91. The van der Waals surface area contributed by atoms with Crippen LogP contribution in [0.15, 0.2) is 48.5 Å². The monoisotopic (exact) mass is 378 g/mol. The largest absolute Gasteiger partial charge is 0.385 e. The minimum Gasteiger partial charge on any atom is -0.385 e.